The van der Waals surface area contributed by atoms with E-state index in [0.29, 0.717) is 36.7 Å². The van der Waals surface area contributed by atoms with Crippen molar-refractivity contribution in [3.63, 3.8) is 0 Å². The van der Waals surface area contributed by atoms with E-state index in [1.807, 2.05) is 0 Å². The molecule has 1 aliphatic heterocycles. The minimum absolute atomic E-state index is 0.108. The molecule has 0 unspecified atom stereocenters. The highest BCUT2D eigenvalue weighted by Crippen LogP contribution is 2.29. The van der Waals surface area contributed by atoms with E-state index in [-0.39, 0.29) is 17.6 Å². The Balaban J connectivity index is 1.36. The number of carbonyl (C=O) groups is 2. The molecule has 1 aromatic carbocycles. The van der Waals surface area contributed by atoms with E-state index < -0.39 is 0 Å². The summed E-state index contributed by atoms with van der Waals surface area (Å²) in [6, 6.07) is 6.06. The summed E-state index contributed by atoms with van der Waals surface area (Å²) in [7, 11) is 0. The van der Waals surface area contributed by atoms with Crippen molar-refractivity contribution < 1.29 is 14.0 Å². The quantitative estimate of drug-likeness (QED) is 0.764. The third-order valence-electron chi connectivity index (χ3n) is 6.38. The summed E-state index contributed by atoms with van der Waals surface area (Å²) in [4.78, 5) is 28.9. The molecule has 1 heterocycles. The Morgan fingerprint density at radius 1 is 0.966 bits per heavy atom. The molecule has 2 aliphatic rings. The first kappa shape index (κ1) is 21.7. The number of amides is 2. The molecule has 0 aromatic heterocycles. The Hall–Kier alpha value is -1.99. The number of carbonyl (C=O) groups excluding carboxylic acids is 2. The van der Waals surface area contributed by atoms with E-state index in [4.69, 9.17) is 0 Å². The summed E-state index contributed by atoms with van der Waals surface area (Å²) < 4.78 is 12.9. The summed E-state index contributed by atoms with van der Waals surface area (Å²) in [5, 5.41) is 6.02. The number of nitrogens with zero attached hydrogens (tertiary/aromatic N) is 2. The highest BCUT2D eigenvalue weighted by molar-refractivity contribution is 5.92. The second kappa shape index (κ2) is 10.2. The van der Waals surface area contributed by atoms with Crippen molar-refractivity contribution in [2.24, 2.45) is 11.8 Å². The number of anilines is 1. The molecule has 160 valence electrons. The molecule has 2 N–H and O–H groups in total. The van der Waals surface area contributed by atoms with Crippen LogP contribution in [0.1, 0.15) is 33.1 Å². The van der Waals surface area contributed by atoms with Gasteiger partial charge in [-0.2, -0.15) is 0 Å². The molecule has 7 heteroatoms. The largest absolute Gasteiger partial charge is 0.352 e. The first-order valence-electron chi connectivity index (χ1n) is 10.7. The molecule has 0 radical (unpaired) electrons. The summed E-state index contributed by atoms with van der Waals surface area (Å²) >= 11 is 0. The lowest BCUT2D eigenvalue weighted by Gasteiger charge is -2.36. The zero-order valence-electron chi connectivity index (χ0n) is 17.5. The van der Waals surface area contributed by atoms with E-state index in [0.717, 1.165) is 32.6 Å². The van der Waals surface area contributed by atoms with Gasteiger partial charge >= 0.3 is 0 Å². The minimum Gasteiger partial charge on any atom is -0.352 e. The van der Waals surface area contributed by atoms with Gasteiger partial charge in [-0.25, -0.2) is 4.39 Å². The lowest BCUT2D eigenvalue weighted by Crippen LogP contribution is -2.52. The Morgan fingerprint density at radius 3 is 2.17 bits per heavy atom. The number of hydrogen-bond donors (Lipinski definition) is 2. The van der Waals surface area contributed by atoms with Gasteiger partial charge in [0, 0.05) is 37.9 Å². The Bertz CT molecular complexity index is 689. The first-order valence-corrected chi connectivity index (χ1v) is 10.7. The monoisotopic (exact) mass is 404 g/mol. The third-order valence-corrected chi connectivity index (χ3v) is 6.38. The zero-order valence-corrected chi connectivity index (χ0v) is 17.5. The fourth-order valence-corrected chi connectivity index (χ4v) is 4.28. The van der Waals surface area contributed by atoms with Crippen LogP contribution in [0.2, 0.25) is 0 Å². The molecule has 0 bridgehead atoms. The molecule has 3 atom stereocenters. The van der Waals surface area contributed by atoms with Crippen molar-refractivity contribution in [2.75, 3.05) is 44.6 Å². The third kappa shape index (κ3) is 6.51. The van der Waals surface area contributed by atoms with Crippen LogP contribution in [0.15, 0.2) is 24.3 Å². The molecule has 2 fully saturated rings. The summed E-state index contributed by atoms with van der Waals surface area (Å²) in [6.45, 7) is 8.28. The minimum atomic E-state index is -0.324. The Morgan fingerprint density at radius 2 is 1.55 bits per heavy atom. The normalized spacial score (nSPS) is 26.1. The Labute approximate surface area is 172 Å². The van der Waals surface area contributed by atoms with Gasteiger partial charge in [-0.15, -0.1) is 0 Å². The number of piperazine rings is 1. The van der Waals surface area contributed by atoms with Gasteiger partial charge in [-0.3, -0.25) is 19.4 Å². The number of halogens is 1. The predicted octanol–water partition coefficient (Wildman–Crippen LogP) is 2.32. The van der Waals surface area contributed by atoms with Crippen LogP contribution in [0.25, 0.3) is 0 Å². The Kier molecular flexibility index (Phi) is 7.61. The molecular formula is C22H33FN4O2. The summed E-state index contributed by atoms with van der Waals surface area (Å²) in [5.74, 6) is 0.875. The van der Waals surface area contributed by atoms with E-state index in [9.17, 15) is 14.0 Å². The van der Waals surface area contributed by atoms with Crippen molar-refractivity contribution in [1.82, 2.24) is 15.1 Å². The van der Waals surface area contributed by atoms with Gasteiger partial charge in [0.05, 0.1) is 13.1 Å². The van der Waals surface area contributed by atoms with Crippen molar-refractivity contribution in [3.8, 4) is 0 Å². The molecule has 1 saturated heterocycles. The van der Waals surface area contributed by atoms with Crippen LogP contribution in [0.4, 0.5) is 10.1 Å². The molecule has 1 aliphatic carbocycles. The van der Waals surface area contributed by atoms with Gasteiger partial charge in [0.2, 0.25) is 11.8 Å². The SMILES string of the molecule is C[C@@H]1[C@H](C)CCC[C@H]1NC(=O)CN1CCN(CC(=O)Nc2ccc(F)cc2)CC1. The van der Waals surface area contributed by atoms with Crippen molar-refractivity contribution in [3.05, 3.63) is 30.1 Å². The average Bonchev–Trinajstić information content (AvgIpc) is 2.69. The second-order valence-corrected chi connectivity index (χ2v) is 8.55. The fourth-order valence-electron chi connectivity index (χ4n) is 4.28. The van der Waals surface area contributed by atoms with E-state index in [1.165, 1.54) is 25.0 Å². The van der Waals surface area contributed by atoms with Crippen molar-refractivity contribution in [1.29, 1.82) is 0 Å². The molecule has 6 nitrogen and oxygen atoms in total. The standard InChI is InChI=1S/C22H33FN4O2/c1-16-4-3-5-20(17(16)2)25-22(29)15-27-12-10-26(11-13-27)14-21(28)24-19-8-6-18(23)7-9-19/h6-9,16-17,20H,3-5,10-15H2,1-2H3,(H,24,28)(H,25,29)/t16-,17-,20-/m1/s1. The van der Waals surface area contributed by atoms with Crippen LogP contribution in [0.5, 0.6) is 0 Å². The van der Waals surface area contributed by atoms with Gasteiger partial charge in [0.15, 0.2) is 0 Å². The molecule has 3 rings (SSSR count). The topological polar surface area (TPSA) is 64.7 Å². The van der Waals surface area contributed by atoms with Crippen LogP contribution >= 0.6 is 0 Å². The van der Waals surface area contributed by atoms with Crippen LogP contribution < -0.4 is 10.6 Å². The maximum Gasteiger partial charge on any atom is 0.238 e. The van der Waals surface area contributed by atoms with Crippen LogP contribution in [-0.4, -0.2) is 66.9 Å². The molecule has 0 spiro atoms. The molecular weight excluding hydrogens is 371 g/mol. The van der Waals surface area contributed by atoms with Gasteiger partial charge in [-0.05, 0) is 42.5 Å². The van der Waals surface area contributed by atoms with Crippen LogP contribution in [0.3, 0.4) is 0 Å². The fraction of sp³-hybridized carbons (Fsp3) is 0.636. The first-order chi connectivity index (χ1) is 13.9. The van der Waals surface area contributed by atoms with Crippen LogP contribution in [0, 0.1) is 17.7 Å². The highest BCUT2D eigenvalue weighted by Gasteiger charge is 2.29. The van der Waals surface area contributed by atoms with Gasteiger partial charge in [0.1, 0.15) is 5.82 Å². The lowest BCUT2D eigenvalue weighted by molar-refractivity contribution is -0.124. The van der Waals surface area contributed by atoms with Gasteiger partial charge in [0.25, 0.3) is 0 Å². The number of rotatable bonds is 6. The summed E-state index contributed by atoms with van der Waals surface area (Å²) in [5.41, 5.74) is 0.595. The maximum absolute atomic E-state index is 12.9. The number of benzene rings is 1. The van der Waals surface area contributed by atoms with E-state index in [1.54, 1.807) is 12.1 Å². The van der Waals surface area contributed by atoms with Crippen LogP contribution in [-0.2, 0) is 9.59 Å². The molecule has 29 heavy (non-hydrogen) atoms. The van der Waals surface area contributed by atoms with E-state index in [2.05, 4.69) is 34.3 Å². The second-order valence-electron chi connectivity index (χ2n) is 8.55. The predicted molar refractivity (Wildman–Crippen MR) is 112 cm³/mol. The molecule has 2 amide bonds. The van der Waals surface area contributed by atoms with E-state index >= 15 is 0 Å². The average molecular weight is 405 g/mol. The molecule has 1 saturated carbocycles. The number of hydrogen-bond acceptors (Lipinski definition) is 4. The summed E-state index contributed by atoms with van der Waals surface area (Å²) in [6.07, 6.45) is 3.52. The van der Waals surface area contributed by atoms with Gasteiger partial charge < -0.3 is 10.6 Å². The number of nitrogens with one attached hydrogen (secondary N) is 2. The zero-order chi connectivity index (χ0) is 20.8. The lowest BCUT2D eigenvalue weighted by atomic mass is 9.78. The highest BCUT2D eigenvalue weighted by atomic mass is 19.1. The molecule has 1 aromatic rings. The van der Waals surface area contributed by atoms with Gasteiger partial charge in [-0.1, -0.05) is 26.7 Å². The van der Waals surface area contributed by atoms with Crippen molar-refractivity contribution >= 4 is 17.5 Å². The smallest absolute Gasteiger partial charge is 0.238 e. The maximum atomic E-state index is 12.9. The van der Waals surface area contributed by atoms with Crippen molar-refractivity contribution in [2.45, 2.75) is 39.2 Å².